The third-order valence-electron chi connectivity index (χ3n) is 5.49. The Morgan fingerprint density at radius 2 is 1.94 bits per heavy atom. The van der Waals surface area contributed by atoms with Crippen LogP contribution in [0, 0.1) is 0 Å². The summed E-state index contributed by atoms with van der Waals surface area (Å²) in [6.45, 7) is 3.18. The Labute approximate surface area is 185 Å². The molecule has 4 rings (SSSR count). The van der Waals surface area contributed by atoms with Gasteiger partial charge < -0.3 is 14.7 Å². The Kier molecular flexibility index (Phi) is 6.42. The first kappa shape index (κ1) is 21.2. The molecule has 7 heteroatoms. The van der Waals surface area contributed by atoms with Gasteiger partial charge in [-0.05, 0) is 35.6 Å². The van der Waals surface area contributed by atoms with E-state index in [2.05, 4.69) is 11.9 Å². The van der Waals surface area contributed by atoms with Gasteiger partial charge in [-0.1, -0.05) is 61.1 Å². The standard InChI is InChI=1S/C24H26N2O4S/c1-2-3-13-30-19-11-9-17(14-20-23(28)25-24(29)31-20)18-10-12-21(27)26(22(18)19)15-16-7-5-4-6-8-16/h4-9,11,28H,2-3,10,12-15H2,1H3,(H,25,29). The molecule has 1 aliphatic rings. The van der Waals surface area contributed by atoms with Crippen LogP contribution in [0.4, 0.5) is 5.69 Å². The quantitative estimate of drug-likeness (QED) is 0.511. The summed E-state index contributed by atoms with van der Waals surface area (Å²) in [6.07, 6.45) is 3.42. The molecule has 0 fully saturated rings. The van der Waals surface area contributed by atoms with E-state index in [0.29, 0.717) is 43.0 Å². The summed E-state index contributed by atoms with van der Waals surface area (Å²) in [4.78, 5) is 29.1. The molecule has 31 heavy (non-hydrogen) atoms. The predicted molar refractivity (Wildman–Crippen MR) is 122 cm³/mol. The second kappa shape index (κ2) is 9.39. The van der Waals surface area contributed by atoms with Crippen molar-refractivity contribution >= 4 is 22.9 Å². The molecular formula is C24H26N2O4S. The van der Waals surface area contributed by atoms with Crippen molar-refractivity contribution in [2.75, 3.05) is 11.5 Å². The summed E-state index contributed by atoms with van der Waals surface area (Å²) in [5.74, 6) is 0.700. The van der Waals surface area contributed by atoms with E-state index in [0.717, 1.165) is 46.6 Å². The fourth-order valence-electron chi connectivity index (χ4n) is 3.91. The molecule has 2 N–H and O–H groups in total. The fourth-order valence-corrected chi connectivity index (χ4v) is 4.66. The third-order valence-corrected chi connectivity index (χ3v) is 6.36. The predicted octanol–water partition coefficient (Wildman–Crippen LogP) is 4.39. The molecule has 1 aromatic heterocycles. The van der Waals surface area contributed by atoms with Gasteiger partial charge in [0.25, 0.3) is 0 Å². The van der Waals surface area contributed by atoms with Crippen LogP contribution in [0.25, 0.3) is 0 Å². The number of hydrogen-bond donors (Lipinski definition) is 2. The molecule has 6 nitrogen and oxygen atoms in total. The van der Waals surface area contributed by atoms with Crippen LogP contribution in [-0.2, 0) is 24.2 Å². The number of thiazole rings is 1. The van der Waals surface area contributed by atoms with E-state index in [9.17, 15) is 14.7 Å². The molecule has 2 heterocycles. The molecule has 3 aromatic rings. The lowest BCUT2D eigenvalue weighted by Gasteiger charge is -2.32. The van der Waals surface area contributed by atoms with Crippen molar-refractivity contribution in [3.8, 4) is 11.6 Å². The number of rotatable bonds is 8. The minimum Gasteiger partial charge on any atom is -0.494 e. The van der Waals surface area contributed by atoms with Crippen molar-refractivity contribution in [3.05, 3.63) is 73.7 Å². The van der Waals surface area contributed by atoms with Crippen LogP contribution in [0.2, 0.25) is 0 Å². The summed E-state index contributed by atoms with van der Waals surface area (Å²) in [6, 6.07) is 13.8. The van der Waals surface area contributed by atoms with Crippen LogP contribution >= 0.6 is 11.3 Å². The highest BCUT2D eigenvalue weighted by molar-refractivity contribution is 7.09. The van der Waals surface area contributed by atoms with E-state index in [1.165, 1.54) is 0 Å². The van der Waals surface area contributed by atoms with Crippen molar-refractivity contribution < 1.29 is 14.6 Å². The molecule has 0 radical (unpaired) electrons. The van der Waals surface area contributed by atoms with Crippen LogP contribution in [0.1, 0.15) is 47.8 Å². The normalized spacial score (nSPS) is 13.3. The van der Waals surface area contributed by atoms with Crippen LogP contribution in [0.5, 0.6) is 11.6 Å². The number of fused-ring (bicyclic) bond motifs is 1. The molecule has 0 atom stereocenters. The van der Waals surface area contributed by atoms with Gasteiger partial charge in [-0.15, -0.1) is 0 Å². The Bertz CT molecular complexity index is 1120. The number of aromatic amines is 1. The van der Waals surface area contributed by atoms with Crippen molar-refractivity contribution in [1.29, 1.82) is 0 Å². The van der Waals surface area contributed by atoms with E-state index < -0.39 is 0 Å². The van der Waals surface area contributed by atoms with Crippen molar-refractivity contribution in [2.45, 2.75) is 45.6 Å². The largest absolute Gasteiger partial charge is 0.494 e. The zero-order valence-electron chi connectivity index (χ0n) is 17.5. The highest BCUT2D eigenvalue weighted by Crippen LogP contribution is 2.41. The average Bonchev–Trinajstić information content (AvgIpc) is 3.08. The van der Waals surface area contributed by atoms with Crippen LogP contribution < -0.4 is 14.5 Å². The van der Waals surface area contributed by atoms with Crippen LogP contribution in [-0.4, -0.2) is 22.6 Å². The Hall–Kier alpha value is -3.06. The second-order valence-corrected chi connectivity index (χ2v) is 8.75. The number of aromatic hydroxyl groups is 1. The van der Waals surface area contributed by atoms with E-state index >= 15 is 0 Å². The molecule has 0 spiro atoms. The number of carbonyl (C=O) groups is 1. The highest BCUT2D eigenvalue weighted by atomic mass is 32.1. The molecule has 0 unspecified atom stereocenters. The summed E-state index contributed by atoms with van der Waals surface area (Å²) in [7, 11) is 0. The van der Waals surface area contributed by atoms with Gasteiger partial charge in [-0.25, -0.2) is 0 Å². The maximum Gasteiger partial charge on any atom is 0.307 e. The number of nitrogens with zero attached hydrogens (tertiary/aromatic N) is 1. The van der Waals surface area contributed by atoms with Crippen LogP contribution in [0.3, 0.4) is 0 Å². The van der Waals surface area contributed by atoms with Gasteiger partial charge >= 0.3 is 4.87 Å². The number of benzene rings is 2. The molecule has 0 saturated carbocycles. The number of unbranched alkanes of at least 4 members (excludes halogenated alkanes) is 1. The lowest BCUT2D eigenvalue weighted by Crippen LogP contribution is -2.35. The maximum atomic E-state index is 13.0. The minimum absolute atomic E-state index is 0.0722. The summed E-state index contributed by atoms with van der Waals surface area (Å²) < 4.78 is 6.10. The van der Waals surface area contributed by atoms with Gasteiger partial charge in [0.2, 0.25) is 11.8 Å². The van der Waals surface area contributed by atoms with Gasteiger partial charge in [-0.3, -0.25) is 14.6 Å². The number of H-pyrrole nitrogens is 1. The monoisotopic (exact) mass is 438 g/mol. The first-order chi connectivity index (χ1) is 15.1. The fraction of sp³-hybridized carbons (Fsp3) is 0.333. The number of ether oxygens (including phenoxy) is 1. The summed E-state index contributed by atoms with van der Waals surface area (Å²) in [5.41, 5.74) is 3.91. The second-order valence-electron chi connectivity index (χ2n) is 7.68. The molecule has 1 aliphatic heterocycles. The zero-order chi connectivity index (χ0) is 21.8. The van der Waals surface area contributed by atoms with Crippen LogP contribution in [0.15, 0.2) is 47.3 Å². The van der Waals surface area contributed by atoms with Gasteiger partial charge in [0.1, 0.15) is 5.75 Å². The zero-order valence-corrected chi connectivity index (χ0v) is 18.3. The third kappa shape index (κ3) is 4.66. The van der Waals surface area contributed by atoms with Gasteiger partial charge in [0.15, 0.2) is 0 Å². The Balaban J connectivity index is 1.75. The van der Waals surface area contributed by atoms with E-state index in [1.807, 2.05) is 47.4 Å². The lowest BCUT2D eigenvalue weighted by molar-refractivity contribution is -0.119. The number of aromatic nitrogens is 1. The van der Waals surface area contributed by atoms with Crippen molar-refractivity contribution in [3.63, 3.8) is 0 Å². The number of hydrogen-bond acceptors (Lipinski definition) is 5. The molecule has 1 amide bonds. The number of nitrogens with one attached hydrogen (secondary N) is 1. The smallest absolute Gasteiger partial charge is 0.307 e. The van der Waals surface area contributed by atoms with Crippen molar-refractivity contribution in [2.24, 2.45) is 0 Å². The van der Waals surface area contributed by atoms with Gasteiger partial charge in [-0.2, -0.15) is 0 Å². The molecule has 162 valence electrons. The topological polar surface area (TPSA) is 82.6 Å². The molecule has 0 aliphatic carbocycles. The maximum absolute atomic E-state index is 13.0. The summed E-state index contributed by atoms with van der Waals surface area (Å²) >= 11 is 1.01. The Morgan fingerprint density at radius 3 is 2.65 bits per heavy atom. The van der Waals surface area contributed by atoms with Gasteiger partial charge in [0, 0.05) is 12.8 Å². The molecule has 0 bridgehead atoms. The SMILES string of the molecule is CCCCOc1ccc(Cc2sc(=O)[nH]c2O)c2c1N(Cc1ccccc1)C(=O)CC2. The van der Waals surface area contributed by atoms with Crippen molar-refractivity contribution in [1.82, 2.24) is 4.98 Å². The van der Waals surface area contributed by atoms with E-state index in [4.69, 9.17) is 4.74 Å². The minimum atomic E-state index is -0.276. The van der Waals surface area contributed by atoms with E-state index in [-0.39, 0.29) is 16.7 Å². The molecule has 0 saturated heterocycles. The lowest BCUT2D eigenvalue weighted by atomic mass is 9.92. The van der Waals surface area contributed by atoms with Gasteiger partial charge in [0.05, 0.1) is 23.7 Å². The number of carbonyl (C=O) groups excluding carboxylic acids is 1. The average molecular weight is 439 g/mol. The Morgan fingerprint density at radius 1 is 1.13 bits per heavy atom. The first-order valence-corrected chi connectivity index (χ1v) is 11.4. The number of anilines is 1. The number of amides is 1. The molecular weight excluding hydrogens is 412 g/mol. The summed E-state index contributed by atoms with van der Waals surface area (Å²) in [5, 5.41) is 10.0. The highest BCUT2D eigenvalue weighted by Gasteiger charge is 2.30. The van der Waals surface area contributed by atoms with E-state index in [1.54, 1.807) is 0 Å². The molecule has 2 aromatic carbocycles. The first-order valence-electron chi connectivity index (χ1n) is 10.6.